The van der Waals surface area contributed by atoms with E-state index in [-0.39, 0.29) is 18.4 Å². The second-order valence-corrected chi connectivity index (χ2v) is 7.79. The summed E-state index contributed by atoms with van der Waals surface area (Å²) in [5.41, 5.74) is 1.02. The minimum atomic E-state index is 0.00836. The lowest BCUT2D eigenvalue weighted by Crippen LogP contribution is -2.43. The van der Waals surface area contributed by atoms with Crippen LogP contribution in [-0.2, 0) is 20.7 Å². The Morgan fingerprint density at radius 2 is 2.07 bits per heavy atom. The van der Waals surface area contributed by atoms with Crippen LogP contribution in [0.5, 0.6) is 0 Å². The number of hydrogen-bond donors (Lipinski definition) is 1. The summed E-state index contributed by atoms with van der Waals surface area (Å²) >= 11 is 0. The van der Waals surface area contributed by atoms with Crippen LogP contribution in [0, 0.1) is 5.92 Å². The third-order valence-electron chi connectivity index (χ3n) is 5.55. The SMILES string of the molecule is CN1CCCNc2cccc(n2)CCCN(C(=O)CC2CCOCC2)CC1=O. The van der Waals surface area contributed by atoms with Gasteiger partial charge in [0, 0.05) is 52.0 Å². The first-order valence-corrected chi connectivity index (χ1v) is 10.4. The quantitative estimate of drug-likeness (QED) is 0.838. The van der Waals surface area contributed by atoms with E-state index < -0.39 is 0 Å². The Hall–Kier alpha value is -2.15. The van der Waals surface area contributed by atoms with Gasteiger partial charge < -0.3 is 19.9 Å². The van der Waals surface area contributed by atoms with E-state index in [4.69, 9.17) is 4.74 Å². The van der Waals surface area contributed by atoms with E-state index >= 15 is 0 Å². The molecule has 1 aromatic rings. The van der Waals surface area contributed by atoms with Gasteiger partial charge in [-0.1, -0.05) is 6.07 Å². The van der Waals surface area contributed by atoms with Crippen molar-refractivity contribution in [3.8, 4) is 0 Å². The molecular weight excluding hydrogens is 356 g/mol. The van der Waals surface area contributed by atoms with Gasteiger partial charge >= 0.3 is 0 Å². The van der Waals surface area contributed by atoms with Gasteiger partial charge in [0.2, 0.25) is 11.8 Å². The van der Waals surface area contributed by atoms with E-state index in [1.165, 1.54) is 0 Å². The molecule has 0 aromatic carbocycles. The van der Waals surface area contributed by atoms with Crippen molar-refractivity contribution < 1.29 is 14.3 Å². The monoisotopic (exact) mass is 388 g/mol. The lowest BCUT2D eigenvalue weighted by molar-refractivity contribution is -0.140. The van der Waals surface area contributed by atoms with Crippen molar-refractivity contribution >= 4 is 17.6 Å². The maximum absolute atomic E-state index is 12.9. The molecule has 7 heteroatoms. The zero-order valence-electron chi connectivity index (χ0n) is 16.9. The molecule has 0 saturated carbocycles. The lowest BCUT2D eigenvalue weighted by atomic mass is 9.96. The van der Waals surface area contributed by atoms with E-state index in [0.717, 1.165) is 63.4 Å². The van der Waals surface area contributed by atoms with Gasteiger partial charge in [0.25, 0.3) is 0 Å². The molecule has 1 N–H and O–H groups in total. The van der Waals surface area contributed by atoms with Crippen molar-refractivity contribution in [3.63, 3.8) is 0 Å². The van der Waals surface area contributed by atoms with Crippen molar-refractivity contribution in [2.45, 2.75) is 38.5 Å². The molecular formula is C21H32N4O3. The molecule has 1 aromatic heterocycles. The number of amides is 2. The molecule has 2 amide bonds. The van der Waals surface area contributed by atoms with Crippen LogP contribution in [0.2, 0.25) is 0 Å². The van der Waals surface area contributed by atoms with Crippen molar-refractivity contribution in [2.24, 2.45) is 5.92 Å². The number of aromatic nitrogens is 1. The highest BCUT2D eigenvalue weighted by molar-refractivity contribution is 5.84. The summed E-state index contributed by atoms with van der Waals surface area (Å²) in [6.07, 6.45) is 4.80. The minimum absolute atomic E-state index is 0.00836. The predicted molar refractivity (Wildman–Crippen MR) is 108 cm³/mol. The van der Waals surface area contributed by atoms with Crippen LogP contribution in [-0.4, -0.2) is 73.0 Å². The van der Waals surface area contributed by atoms with Crippen molar-refractivity contribution in [1.29, 1.82) is 0 Å². The molecule has 1 saturated heterocycles. The maximum Gasteiger partial charge on any atom is 0.241 e. The Morgan fingerprint density at radius 3 is 2.89 bits per heavy atom. The Bertz CT molecular complexity index is 661. The summed E-state index contributed by atoms with van der Waals surface area (Å²) in [4.78, 5) is 33.7. The summed E-state index contributed by atoms with van der Waals surface area (Å²) in [6, 6.07) is 6.00. The fourth-order valence-electron chi connectivity index (χ4n) is 3.73. The Morgan fingerprint density at radius 1 is 1.25 bits per heavy atom. The van der Waals surface area contributed by atoms with Crippen LogP contribution in [0.15, 0.2) is 18.2 Å². The molecule has 2 aliphatic heterocycles. The molecule has 0 spiro atoms. The number of ether oxygens (including phenoxy) is 1. The number of aryl methyl sites for hydroxylation is 1. The number of nitrogens with zero attached hydrogens (tertiary/aromatic N) is 3. The Labute approximate surface area is 167 Å². The molecule has 0 aliphatic carbocycles. The fourth-order valence-corrected chi connectivity index (χ4v) is 3.73. The van der Waals surface area contributed by atoms with Crippen molar-refractivity contribution in [3.05, 3.63) is 23.9 Å². The van der Waals surface area contributed by atoms with E-state index in [2.05, 4.69) is 10.3 Å². The molecule has 1 fully saturated rings. The minimum Gasteiger partial charge on any atom is -0.381 e. The van der Waals surface area contributed by atoms with E-state index in [1.807, 2.05) is 25.2 Å². The highest BCUT2D eigenvalue weighted by atomic mass is 16.5. The van der Waals surface area contributed by atoms with Gasteiger partial charge in [-0.25, -0.2) is 4.98 Å². The Kier molecular flexibility index (Phi) is 7.65. The van der Waals surface area contributed by atoms with Crippen LogP contribution < -0.4 is 5.32 Å². The van der Waals surface area contributed by atoms with Crippen LogP contribution in [0.1, 0.15) is 37.8 Å². The number of carbonyl (C=O) groups is 2. The van der Waals surface area contributed by atoms with Crippen molar-refractivity contribution in [2.75, 3.05) is 51.8 Å². The molecule has 2 bridgehead atoms. The number of likely N-dealkylation sites (N-methyl/N-ethyl adjacent to an activating group) is 1. The average molecular weight is 389 g/mol. The van der Waals surface area contributed by atoms with Gasteiger partial charge in [-0.05, 0) is 50.2 Å². The molecule has 0 atom stereocenters. The van der Waals surface area contributed by atoms with Gasteiger partial charge in [0.05, 0.1) is 6.54 Å². The van der Waals surface area contributed by atoms with Gasteiger partial charge in [-0.15, -0.1) is 0 Å². The first-order chi connectivity index (χ1) is 13.6. The second-order valence-electron chi connectivity index (χ2n) is 7.79. The average Bonchev–Trinajstić information content (AvgIpc) is 2.70. The molecule has 2 aliphatic rings. The third-order valence-corrected chi connectivity index (χ3v) is 5.55. The number of anilines is 1. The molecule has 0 unspecified atom stereocenters. The first kappa shape index (κ1) is 20.6. The van der Waals surface area contributed by atoms with E-state index in [0.29, 0.717) is 25.4 Å². The summed E-state index contributed by atoms with van der Waals surface area (Å²) in [7, 11) is 1.81. The smallest absolute Gasteiger partial charge is 0.241 e. The van der Waals surface area contributed by atoms with E-state index in [1.54, 1.807) is 9.80 Å². The molecule has 0 radical (unpaired) electrons. The maximum atomic E-state index is 12.9. The molecule has 154 valence electrons. The molecule has 3 rings (SSSR count). The number of nitrogens with one attached hydrogen (secondary N) is 1. The summed E-state index contributed by atoms with van der Waals surface area (Å²) in [5.74, 6) is 1.33. The highest BCUT2D eigenvalue weighted by Gasteiger charge is 2.24. The zero-order chi connectivity index (χ0) is 19.8. The first-order valence-electron chi connectivity index (χ1n) is 10.4. The largest absolute Gasteiger partial charge is 0.381 e. The number of rotatable bonds is 2. The summed E-state index contributed by atoms with van der Waals surface area (Å²) in [6.45, 7) is 3.64. The number of hydrogen-bond acceptors (Lipinski definition) is 5. The number of carbonyl (C=O) groups excluding carboxylic acids is 2. The molecule has 28 heavy (non-hydrogen) atoms. The van der Waals surface area contributed by atoms with E-state index in [9.17, 15) is 9.59 Å². The summed E-state index contributed by atoms with van der Waals surface area (Å²) < 4.78 is 5.40. The highest BCUT2D eigenvalue weighted by Crippen LogP contribution is 2.20. The summed E-state index contributed by atoms with van der Waals surface area (Å²) in [5, 5.41) is 3.32. The van der Waals surface area contributed by atoms with Crippen LogP contribution in [0.3, 0.4) is 0 Å². The lowest BCUT2D eigenvalue weighted by Gasteiger charge is -2.28. The zero-order valence-corrected chi connectivity index (χ0v) is 16.9. The van der Waals surface area contributed by atoms with Crippen molar-refractivity contribution in [1.82, 2.24) is 14.8 Å². The van der Waals surface area contributed by atoms with Crippen LogP contribution in [0.4, 0.5) is 5.82 Å². The third kappa shape index (κ3) is 6.19. The Balaban J connectivity index is 1.66. The molecule has 3 heterocycles. The number of fused-ring (bicyclic) bond motifs is 2. The fraction of sp³-hybridized carbons (Fsp3) is 0.667. The predicted octanol–water partition coefficient (Wildman–Crippen LogP) is 1.93. The van der Waals surface area contributed by atoms with Gasteiger partial charge in [-0.3, -0.25) is 9.59 Å². The molecule has 7 nitrogen and oxygen atoms in total. The number of pyridine rings is 1. The standard InChI is InChI=1S/C21H32N4O3/c1-24-11-4-10-22-19-7-2-5-18(23-19)6-3-12-25(16-21(24)27)20(26)15-17-8-13-28-14-9-17/h2,5,7,17H,3-4,6,8-16H2,1H3,(H,22,23). The topological polar surface area (TPSA) is 74.8 Å². The van der Waals surface area contributed by atoms with Crippen LogP contribution in [0.25, 0.3) is 0 Å². The van der Waals surface area contributed by atoms with Gasteiger partial charge in [0.15, 0.2) is 0 Å². The van der Waals surface area contributed by atoms with Gasteiger partial charge in [-0.2, -0.15) is 0 Å². The normalized spacial score (nSPS) is 20.4. The van der Waals surface area contributed by atoms with Crippen LogP contribution >= 0.6 is 0 Å². The second kappa shape index (κ2) is 10.4. The van der Waals surface area contributed by atoms with Gasteiger partial charge in [0.1, 0.15) is 5.82 Å².